The molecule has 1 amide bonds. The Morgan fingerprint density at radius 3 is 2.52 bits per heavy atom. The van der Waals surface area contributed by atoms with Crippen molar-refractivity contribution in [2.24, 2.45) is 0 Å². The number of carbonyl (C=O) groups is 1. The Morgan fingerprint density at radius 1 is 1.15 bits per heavy atom. The van der Waals surface area contributed by atoms with Crippen LogP contribution in [0, 0.1) is 17.0 Å². The minimum Gasteiger partial charge on any atom is -0.368 e. The number of rotatable bonds is 5. The smallest absolute Gasteiger partial charge is 0.293 e. The van der Waals surface area contributed by atoms with E-state index in [9.17, 15) is 14.9 Å². The van der Waals surface area contributed by atoms with Crippen LogP contribution in [0.1, 0.15) is 5.56 Å². The number of aryl methyl sites for hydroxylation is 1. The van der Waals surface area contributed by atoms with E-state index in [-0.39, 0.29) is 23.8 Å². The molecule has 2 aromatic rings. The molecular formula is C19H21ClN4O3. The third-order valence-electron chi connectivity index (χ3n) is 4.64. The highest BCUT2D eigenvalue weighted by molar-refractivity contribution is 6.33. The van der Waals surface area contributed by atoms with Gasteiger partial charge in [0.2, 0.25) is 5.91 Å². The predicted octanol–water partition coefficient (Wildman–Crippen LogP) is 3.32. The van der Waals surface area contributed by atoms with Crippen LogP contribution in [0.15, 0.2) is 42.5 Å². The predicted molar refractivity (Wildman–Crippen MR) is 107 cm³/mol. The van der Waals surface area contributed by atoms with Gasteiger partial charge in [-0.25, -0.2) is 0 Å². The van der Waals surface area contributed by atoms with Crippen LogP contribution < -0.4 is 10.2 Å². The summed E-state index contributed by atoms with van der Waals surface area (Å²) < 4.78 is 0. The Balaban J connectivity index is 1.58. The minimum absolute atomic E-state index is 0.0908. The molecule has 0 atom stereocenters. The number of nitrogens with zero attached hydrogens (tertiary/aromatic N) is 3. The second-order valence-corrected chi connectivity index (χ2v) is 6.90. The average Bonchev–Trinajstić information content (AvgIpc) is 2.64. The second kappa shape index (κ2) is 8.37. The number of nitro benzene ring substituents is 1. The summed E-state index contributed by atoms with van der Waals surface area (Å²) in [7, 11) is 0. The quantitative estimate of drug-likeness (QED) is 0.628. The van der Waals surface area contributed by atoms with Gasteiger partial charge < -0.3 is 10.2 Å². The maximum atomic E-state index is 12.4. The molecule has 1 fully saturated rings. The van der Waals surface area contributed by atoms with Gasteiger partial charge in [-0.1, -0.05) is 35.9 Å². The van der Waals surface area contributed by atoms with Gasteiger partial charge >= 0.3 is 0 Å². The van der Waals surface area contributed by atoms with Gasteiger partial charge in [0.05, 0.1) is 22.2 Å². The lowest BCUT2D eigenvalue weighted by molar-refractivity contribution is -0.384. The van der Waals surface area contributed by atoms with E-state index in [1.54, 1.807) is 19.1 Å². The van der Waals surface area contributed by atoms with Crippen LogP contribution in [-0.2, 0) is 4.79 Å². The molecule has 27 heavy (non-hydrogen) atoms. The van der Waals surface area contributed by atoms with Crippen LogP contribution in [0.3, 0.4) is 0 Å². The highest BCUT2D eigenvalue weighted by Gasteiger charge is 2.22. The highest BCUT2D eigenvalue weighted by atomic mass is 35.5. The zero-order valence-electron chi connectivity index (χ0n) is 15.0. The molecular weight excluding hydrogens is 368 g/mol. The molecule has 3 rings (SSSR count). The van der Waals surface area contributed by atoms with Crippen molar-refractivity contribution in [2.75, 3.05) is 42.9 Å². The number of nitro groups is 1. The lowest BCUT2D eigenvalue weighted by atomic mass is 10.1. The van der Waals surface area contributed by atoms with Crippen LogP contribution in [-0.4, -0.2) is 48.5 Å². The van der Waals surface area contributed by atoms with Crippen LogP contribution in [0.5, 0.6) is 0 Å². The van der Waals surface area contributed by atoms with E-state index in [4.69, 9.17) is 11.6 Å². The summed E-state index contributed by atoms with van der Waals surface area (Å²) in [4.78, 5) is 27.3. The topological polar surface area (TPSA) is 78.7 Å². The number of para-hydroxylation sites is 2. The van der Waals surface area contributed by atoms with Gasteiger partial charge in [0, 0.05) is 32.2 Å². The number of carbonyl (C=O) groups excluding carboxylic acids is 1. The Bertz CT molecular complexity index is 851. The van der Waals surface area contributed by atoms with Crippen molar-refractivity contribution < 1.29 is 9.72 Å². The van der Waals surface area contributed by atoms with Crippen LogP contribution in [0.2, 0.25) is 5.02 Å². The monoisotopic (exact) mass is 388 g/mol. The highest BCUT2D eigenvalue weighted by Crippen LogP contribution is 2.28. The standard InChI is InChI=1S/C19H21ClN4O3/c1-14-5-4-8-17(24(26)27)19(14)21-18(25)13-22-9-11-23(12-10-22)16-7-3-2-6-15(16)20/h2-8H,9-13H2,1H3,(H,21,25). The fourth-order valence-corrected chi connectivity index (χ4v) is 3.46. The van der Waals surface area contributed by atoms with Gasteiger partial charge in [-0.15, -0.1) is 0 Å². The normalized spacial score (nSPS) is 14.8. The molecule has 0 aromatic heterocycles. The van der Waals surface area contributed by atoms with E-state index in [1.807, 2.05) is 29.2 Å². The summed E-state index contributed by atoms with van der Waals surface area (Å²) in [5.74, 6) is -0.251. The summed E-state index contributed by atoms with van der Waals surface area (Å²) >= 11 is 6.25. The number of hydrogen-bond donors (Lipinski definition) is 1. The molecule has 142 valence electrons. The zero-order valence-corrected chi connectivity index (χ0v) is 15.8. The Kier molecular flexibility index (Phi) is 5.93. The van der Waals surface area contributed by atoms with Crippen LogP contribution >= 0.6 is 11.6 Å². The van der Waals surface area contributed by atoms with E-state index >= 15 is 0 Å². The summed E-state index contributed by atoms with van der Waals surface area (Å²) in [6, 6.07) is 12.5. The van der Waals surface area contributed by atoms with Crippen molar-refractivity contribution in [3.8, 4) is 0 Å². The van der Waals surface area contributed by atoms with Crippen molar-refractivity contribution in [1.29, 1.82) is 0 Å². The third-order valence-corrected chi connectivity index (χ3v) is 4.96. The maximum absolute atomic E-state index is 12.4. The fourth-order valence-electron chi connectivity index (χ4n) is 3.20. The van der Waals surface area contributed by atoms with Crippen molar-refractivity contribution >= 4 is 34.6 Å². The van der Waals surface area contributed by atoms with Gasteiger partial charge in [0.15, 0.2) is 0 Å². The van der Waals surface area contributed by atoms with Gasteiger partial charge in [-0.3, -0.25) is 19.8 Å². The van der Waals surface area contributed by atoms with Crippen molar-refractivity contribution in [3.05, 3.63) is 63.2 Å². The molecule has 1 heterocycles. The first kappa shape index (κ1) is 19.1. The first-order valence-electron chi connectivity index (χ1n) is 8.71. The number of halogens is 1. The Labute approximate surface area is 162 Å². The van der Waals surface area contributed by atoms with Gasteiger partial charge in [-0.2, -0.15) is 0 Å². The number of amides is 1. The molecule has 1 aliphatic rings. The average molecular weight is 389 g/mol. The molecule has 0 radical (unpaired) electrons. The number of anilines is 2. The number of piperazine rings is 1. The number of hydrogen-bond acceptors (Lipinski definition) is 5. The molecule has 0 aliphatic carbocycles. The van der Waals surface area contributed by atoms with Gasteiger partial charge in [0.25, 0.3) is 5.69 Å². The Morgan fingerprint density at radius 2 is 1.85 bits per heavy atom. The minimum atomic E-state index is -0.481. The SMILES string of the molecule is Cc1cccc([N+](=O)[O-])c1NC(=O)CN1CCN(c2ccccc2Cl)CC1. The van der Waals surface area contributed by atoms with E-state index in [0.29, 0.717) is 18.7 Å². The van der Waals surface area contributed by atoms with Crippen molar-refractivity contribution in [3.63, 3.8) is 0 Å². The van der Waals surface area contributed by atoms with Crippen molar-refractivity contribution in [1.82, 2.24) is 4.90 Å². The summed E-state index contributed by atoms with van der Waals surface area (Å²) in [6.45, 7) is 4.90. The molecule has 7 nitrogen and oxygen atoms in total. The second-order valence-electron chi connectivity index (χ2n) is 6.49. The van der Waals surface area contributed by atoms with Crippen LogP contribution in [0.4, 0.5) is 17.1 Å². The molecule has 1 aliphatic heterocycles. The van der Waals surface area contributed by atoms with E-state index in [0.717, 1.165) is 23.8 Å². The molecule has 1 saturated heterocycles. The molecule has 0 bridgehead atoms. The lowest BCUT2D eigenvalue weighted by Crippen LogP contribution is -2.48. The van der Waals surface area contributed by atoms with E-state index < -0.39 is 4.92 Å². The number of nitrogens with one attached hydrogen (secondary N) is 1. The fraction of sp³-hybridized carbons (Fsp3) is 0.316. The molecule has 0 spiro atoms. The molecule has 0 saturated carbocycles. The maximum Gasteiger partial charge on any atom is 0.293 e. The summed E-state index contributed by atoms with van der Waals surface area (Å²) in [5.41, 5.74) is 1.84. The van der Waals surface area contributed by atoms with E-state index in [1.165, 1.54) is 6.07 Å². The van der Waals surface area contributed by atoms with Gasteiger partial charge in [-0.05, 0) is 24.6 Å². The van der Waals surface area contributed by atoms with Crippen LogP contribution in [0.25, 0.3) is 0 Å². The van der Waals surface area contributed by atoms with Gasteiger partial charge in [0.1, 0.15) is 5.69 Å². The lowest BCUT2D eigenvalue weighted by Gasteiger charge is -2.36. The summed E-state index contributed by atoms with van der Waals surface area (Å²) in [5, 5.41) is 14.6. The first-order chi connectivity index (χ1) is 13.0. The molecule has 1 N–H and O–H groups in total. The number of benzene rings is 2. The molecule has 2 aromatic carbocycles. The molecule has 8 heteroatoms. The Hall–Kier alpha value is -2.64. The first-order valence-corrected chi connectivity index (χ1v) is 9.09. The zero-order chi connectivity index (χ0) is 19.4. The largest absolute Gasteiger partial charge is 0.368 e. The third kappa shape index (κ3) is 4.56. The van der Waals surface area contributed by atoms with E-state index in [2.05, 4.69) is 10.2 Å². The molecule has 0 unspecified atom stereocenters. The summed E-state index contributed by atoms with van der Waals surface area (Å²) in [6.07, 6.45) is 0. The van der Waals surface area contributed by atoms with Crippen molar-refractivity contribution in [2.45, 2.75) is 6.92 Å².